The molecule has 0 saturated heterocycles. The van der Waals surface area contributed by atoms with Crippen molar-refractivity contribution in [3.8, 4) is 0 Å². The number of carbonyl (C=O) groups is 2. The summed E-state index contributed by atoms with van der Waals surface area (Å²) in [6.07, 6.45) is 35.6. The van der Waals surface area contributed by atoms with Crippen LogP contribution >= 0.6 is 0 Å². The molecule has 0 radical (unpaired) electrons. The molecule has 4 heteroatoms. The maximum atomic E-state index is 12.0. The molecule has 4 nitrogen and oxygen atoms in total. The molecular formula is C33H60O4. The molecule has 0 bridgehead atoms. The van der Waals surface area contributed by atoms with Crippen molar-refractivity contribution < 1.29 is 19.4 Å². The van der Waals surface area contributed by atoms with E-state index in [2.05, 4.69) is 25.7 Å². The summed E-state index contributed by atoms with van der Waals surface area (Å²) in [5.41, 5.74) is 0. The van der Waals surface area contributed by atoms with Gasteiger partial charge in [-0.1, -0.05) is 147 Å². The third kappa shape index (κ3) is 27.3. The van der Waals surface area contributed by atoms with E-state index in [1.54, 1.807) is 0 Å². The van der Waals surface area contributed by atoms with E-state index < -0.39 is 17.9 Å². The molecule has 0 rings (SSSR count). The van der Waals surface area contributed by atoms with Crippen LogP contribution in [0.1, 0.15) is 161 Å². The van der Waals surface area contributed by atoms with Gasteiger partial charge in [-0.15, -0.1) is 0 Å². The summed E-state index contributed by atoms with van der Waals surface area (Å²) >= 11 is 0. The van der Waals surface area contributed by atoms with Gasteiger partial charge in [0.2, 0.25) is 0 Å². The summed E-state index contributed by atoms with van der Waals surface area (Å²) in [7, 11) is 0. The number of carbonyl (C=O) groups excluding carboxylic acids is 1. The Kier molecular flexibility index (Phi) is 27.7. The highest BCUT2D eigenvalue weighted by atomic mass is 16.5. The van der Waals surface area contributed by atoms with E-state index in [0.29, 0.717) is 6.42 Å². The van der Waals surface area contributed by atoms with Crippen LogP contribution in [0, 0.1) is 5.92 Å². The minimum atomic E-state index is -0.942. The Hall–Kier alpha value is -1.58. The highest BCUT2D eigenvalue weighted by Crippen LogP contribution is 2.18. The Morgan fingerprint density at radius 1 is 0.676 bits per heavy atom. The molecule has 1 unspecified atom stereocenters. The zero-order valence-corrected chi connectivity index (χ0v) is 24.4. The molecule has 0 aromatic rings. The van der Waals surface area contributed by atoms with Gasteiger partial charge in [-0.25, -0.2) is 0 Å². The summed E-state index contributed by atoms with van der Waals surface area (Å²) in [6, 6.07) is 0. The molecule has 0 spiro atoms. The van der Waals surface area contributed by atoms with Gasteiger partial charge < -0.3 is 9.84 Å². The Morgan fingerprint density at radius 3 is 1.49 bits per heavy atom. The van der Waals surface area contributed by atoms with Crippen molar-refractivity contribution >= 4 is 11.9 Å². The molecule has 0 heterocycles. The molecule has 0 fully saturated rings. The minimum absolute atomic E-state index is 0.145. The quantitative estimate of drug-likeness (QED) is 0.0605. The first-order valence-corrected chi connectivity index (χ1v) is 15.8. The first-order chi connectivity index (χ1) is 18.1. The number of hydrogen-bond donors (Lipinski definition) is 1. The number of ether oxygens (including phenoxy) is 1. The Balaban J connectivity index is 3.37. The highest BCUT2D eigenvalue weighted by Gasteiger charge is 2.22. The molecular weight excluding hydrogens is 460 g/mol. The number of aliphatic carboxylic acids is 1. The second kappa shape index (κ2) is 29.0. The molecule has 1 atom stereocenters. The lowest BCUT2D eigenvalue weighted by Crippen LogP contribution is -2.21. The highest BCUT2D eigenvalue weighted by molar-refractivity contribution is 5.79. The average molecular weight is 521 g/mol. The molecule has 216 valence electrons. The lowest BCUT2D eigenvalue weighted by molar-refractivity contribution is -0.152. The third-order valence-corrected chi connectivity index (χ3v) is 7.16. The fraction of sp³-hybridized carbons (Fsp3) is 0.818. The molecule has 0 aliphatic rings. The van der Waals surface area contributed by atoms with E-state index in [-0.39, 0.29) is 13.0 Å². The number of carboxylic acids is 1. The van der Waals surface area contributed by atoms with Crippen molar-refractivity contribution in [2.75, 3.05) is 6.61 Å². The van der Waals surface area contributed by atoms with Crippen LogP contribution in [0.4, 0.5) is 0 Å². The number of carboxylic acid groups (broad SMARTS) is 1. The van der Waals surface area contributed by atoms with Crippen molar-refractivity contribution in [2.24, 2.45) is 5.92 Å². The fourth-order valence-corrected chi connectivity index (χ4v) is 4.83. The Bertz CT molecular complexity index is 555. The number of hydrogen-bond acceptors (Lipinski definition) is 3. The number of allylic oxidation sites excluding steroid dienone is 2. The summed E-state index contributed by atoms with van der Waals surface area (Å²) in [4.78, 5) is 23.0. The lowest BCUT2D eigenvalue weighted by atomic mass is 9.97. The topological polar surface area (TPSA) is 63.6 Å². The van der Waals surface area contributed by atoms with Crippen LogP contribution in [0.25, 0.3) is 0 Å². The number of rotatable bonds is 29. The SMILES string of the molecule is C=CCOC(=O)C(CCCCCCCCCCCCCCCCC/C=C/CCCCCCC)CC(=O)O. The van der Waals surface area contributed by atoms with Gasteiger partial charge in [0.1, 0.15) is 6.61 Å². The summed E-state index contributed by atoms with van der Waals surface area (Å²) in [5, 5.41) is 9.02. The number of esters is 1. The first kappa shape index (κ1) is 35.4. The monoisotopic (exact) mass is 520 g/mol. The Morgan fingerprint density at radius 2 is 1.08 bits per heavy atom. The van der Waals surface area contributed by atoms with E-state index >= 15 is 0 Å². The zero-order chi connectivity index (χ0) is 27.2. The van der Waals surface area contributed by atoms with Crippen LogP contribution in [0.3, 0.4) is 0 Å². The van der Waals surface area contributed by atoms with Gasteiger partial charge in [-0.05, 0) is 32.1 Å². The summed E-state index contributed by atoms with van der Waals surface area (Å²) < 4.78 is 5.04. The van der Waals surface area contributed by atoms with Crippen molar-refractivity contribution in [3.63, 3.8) is 0 Å². The van der Waals surface area contributed by atoms with E-state index in [4.69, 9.17) is 9.84 Å². The predicted octanol–water partition coefficient (Wildman–Crippen LogP) is 10.4. The molecule has 0 amide bonds. The van der Waals surface area contributed by atoms with E-state index in [1.165, 1.54) is 128 Å². The maximum Gasteiger partial charge on any atom is 0.309 e. The molecule has 1 N–H and O–H groups in total. The van der Waals surface area contributed by atoms with E-state index in [9.17, 15) is 9.59 Å². The predicted molar refractivity (Wildman–Crippen MR) is 158 cm³/mol. The second-order valence-corrected chi connectivity index (χ2v) is 10.8. The van der Waals surface area contributed by atoms with Crippen LogP contribution in [-0.2, 0) is 14.3 Å². The standard InChI is InChI=1S/C33H60O4/c1-3-5-6-7-8-9-10-11-12-13-14-15-16-17-18-19-20-21-22-23-24-25-26-27-28-31(30-32(34)35)33(36)37-29-4-2/h4,10-11,31H,2-3,5-9,12-30H2,1H3,(H,34,35)/b11-10+. The lowest BCUT2D eigenvalue weighted by Gasteiger charge is -2.13. The van der Waals surface area contributed by atoms with Gasteiger partial charge in [-0.3, -0.25) is 9.59 Å². The normalized spacial score (nSPS) is 12.1. The van der Waals surface area contributed by atoms with Crippen molar-refractivity contribution in [1.82, 2.24) is 0 Å². The molecule has 0 aromatic heterocycles. The van der Waals surface area contributed by atoms with E-state index in [0.717, 1.165) is 19.3 Å². The van der Waals surface area contributed by atoms with Gasteiger partial charge in [0.05, 0.1) is 12.3 Å². The van der Waals surface area contributed by atoms with Crippen molar-refractivity contribution in [2.45, 2.75) is 161 Å². The molecule has 0 aliphatic heterocycles. The zero-order valence-electron chi connectivity index (χ0n) is 24.4. The number of unbranched alkanes of at least 4 members (excludes halogenated alkanes) is 20. The second-order valence-electron chi connectivity index (χ2n) is 10.8. The van der Waals surface area contributed by atoms with Gasteiger partial charge in [-0.2, -0.15) is 0 Å². The smallest absolute Gasteiger partial charge is 0.309 e. The summed E-state index contributed by atoms with van der Waals surface area (Å²) in [6.45, 7) is 5.94. The third-order valence-electron chi connectivity index (χ3n) is 7.16. The largest absolute Gasteiger partial charge is 0.481 e. The maximum absolute atomic E-state index is 12.0. The van der Waals surface area contributed by atoms with Crippen LogP contribution in [0.2, 0.25) is 0 Å². The van der Waals surface area contributed by atoms with Crippen molar-refractivity contribution in [1.29, 1.82) is 0 Å². The fourth-order valence-electron chi connectivity index (χ4n) is 4.83. The summed E-state index contributed by atoms with van der Waals surface area (Å²) in [5.74, 6) is -1.88. The molecule has 0 aromatic carbocycles. The Labute approximate surface area is 229 Å². The first-order valence-electron chi connectivity index (χ1n) is 15.8. The van der Waals surface area contributed by atoms with Gasteiger partial charge in [0, 0.05) is 0 Å². The average Bonchev–Trinajstić information content (AvgIpc) is 2.88. The van der Waals surface area contributed by atoms with E-state index in [1.807, 2.05) is 0 Å². The van der Waals surface area contributed by atoms with Crippen LogP contribution in [0.5, 0.6) is 0 Å². The van der Waals surface area contributed by atoms with Gasteiger partial charge in [0.25, 0.3) is 0 Å². The van der Waals surface area contributed by atoms with Crippen LogP contribution in [-0.4, -0.2) is 23.7 Å². The van der Waals surface area contributed by atoms with Crippen LogP contribution in [0.15, 0.2) is 24.8 Å². The van der Waals surface area contributed by atoms with Gasteiger partial charge in [0.15, 0.2) is 0 Å². The van der Waals surface area contributed by atoms with Crippen LogP contribution < -0.4 is 0 Å². The van der Waals surface area contributed by atoms with Gasteiger partial charge >= 0.3 is 11.9 Å². The molecule has 0 aliphatic carbocycles. The van der Waals surface area contributed by atoms with Crippen molar-refractivity contribution in [3.05, 3.63) is 24.8 Å². The molecule has 37 heavy (non-hydrogen) atoms. The minimum Gasteiger partial charge on any atom is -0.481 e. The molecule has 0 saturated carbocycles.